The highest BCUT2D eigenvalue weighted by Crippen LogP contribution is 2.40. The summed E-state index contributed by atoms with van der Waals surface area (Å²) in [5, 5.41) is 10.9. The van der Waals surface area contributed by atoms with Crippen molar-refractivity contribution in [3.63, 3.8) is 0 Å². The number of rotatable bonds is 6. The Balaban J connectivity index is 1.96. The second kappa shape index (κ2) is 8.47. The number of hydrogen-bond donors (Lipinski definition) is 3. The van der Waals surface area contributed by atoms with Crippen molar-refractivity contribution in [3.8, 4) is 5.75 Å². The maximum atomic E-state index is 12.5. The highest BCUT2D eigenvalue weighted by atomic mass is 16.5. The summed E-state index contributed by atoms with van der Waals surface area (Å²) >= 11 is 0. The molecule has 0 unspecified atom stereocenters. The number of ether oxygens (including phenoxy) is 1. The molecular weight excluding hydrogens is 364 g/mol. The molecule has 6 heteroatoms. The summed E-state index contributed by atoms with van der Waals surface area (Å²) in [7, 11) is 1.64. The van der Waals surface area contributed by atoms with Crippen molar-refractivity contribution >= 4 is 28.6 Å². The van der Waals surface area contributed by atoms with Crippen molar-refractivity contribution in [2.24, 2.45) is 11.1 Å². The van der Waals surface area contributed by atoms with Gasteiger partial charge in [0.2, 0.25) is 0 Å². The van der Waals surface area contributed by atoms with Gasteiger partial charge in [-0.05, 0) is 48.4 Å². The number of aromatic nitrogens is 1. The summed E-state index contributed by atoms with van der Waals surface area (Å²) in [6, 6.07) is 5.76. The third-order valence-corrected chi connectivity index (χ3v) is 5.43. The normalized spacial score (nSPS) is 16.2. The van der Waals surface area contributed by atoms with Gasteiger partial charge in [-0.25, -0.2) is 0 Å². The fourth-order valence-electron chi connectivity index (χ4n) is 3.47. The van der Waals surface area contributed by atoms with Gasteiger partial charge in [0, 0.05) is 41.7 Å². The lowest BCUT2D eigenvalue weighted by Crippen LogP contribution is -2.26. The van der Waals surface area contributed by atoms with Crippen molar-refractivity contribution in [3.05, 3.63) is 53.4 Å². The van der Waals surface area contributed by atoms with E-state index >= 15 is 0 Å². The molecule has 0 fully saturated rings. The van der Waals surface area contributed by atoms with Gasteiger partial charge in [-0.15, -0.1) is 0 Å². The lowest BCUT2D eigenvalue weighted by atomic mass is 9.77. The number of methoxy groups -OCH3 is 1. The second-order valence-electron chi connectivity index (χ2n) is 8.14. The third-order valence-electron chi connectivity index (χ3n) is 5.43. The van der Waals surface area contributed by atoms with E-state index in [1.54, 1.807) is 13.3 Å². The van der Waals surface area contributed by atoms with Gasteiger partial charge in [0.1, 0.15) is 5.75 Å². The summed E-state index contributed by atoms with van der Waals surface area (Å²) in [4.78, 5) is 17.1. The molecule has 3 rings (SSSR count). The van der Waals surface area contributed by atoms with Gasteiger partial charge in [0.05, 0.1) is 18.2 Å². The number of pyridine rings is 1. The Morgan fingerprint density at radius 2 is 2.17 bits per heavy atom. The Bertz CT molecular complexity index is 1010. The van der Waals surface area contributed by atoms with Gasteiger partial charge < -0.3 is 21.2 Å². The first-order chi connectivity index (χ1) is 13.9. The number of nitrogens with one attached hydrogen (secondary N) is 2. The average molecular weight is 393 g/mol. The van der Waals surface area contributed by atoms with Gasteiger partial charge in [-0.2, -0.15) is 0 Å². The number of benzene rings is 1. The minimum absolute atomic E-state index is 0.197. The largest absolute Gasteiger partial charge is 0.497 e. The minimum Gasteiger partial charge on any atom is -0.497 e. The molecule has 0 bridgehead atoms. The van der Waals surface area contributed by atoms with E-state index in [9.17, 15) is 4.79 Å². The monoisotopic (exact) mass is 392 g/mol. The first-order valence-electron chi connectivity index (χ1n) is 9.73. The molecule has 0 saturated carbocycles. The minimum atomic E-state index is -0.261. The molecule has 2 aromatic rings. The Morgan fingerprint density at radius 1 is 1.38 bits per heavy atom. The maximum absolute atomic E-state index is 12.5. The lowest BCUT2D eigenvalue weighted by molar-refractivity contribution is 0.0957. The van der Waals surface area contributed by atoms with Crippen LogP contribution >= 0.6 is 0 Å². The predicted molar refractivity (Wildman–Crippen MR) is 117 cm³/mol. The molecular formula is C23H28N4O2. The fourth-order valence-corrected chi connectivity index (χ4v) is 3.47. The van der Waals surface area contributed by atoms with Crippen molar-refractivity contribution in [2.75, 3.05) is 13.7 Å². The smallest absolute Gasteiger partial charge is 0.253 e. The van der Waals surface area contributed by atoms with Gasteiger partial charge in [-0.3, -0.25) is 9.78 Å². The van der Waals surface area contributed by atoms with Crippen LogP contribution < -0.4 is 15.8 Å². The van der Waals surface area contributed by atoms with Crippen LogP contribution in [-0.2, 0) is 0 Å². The Kier molecular flexibility index (Phi) is 6.01. The van der Waals surface area contributed by atoms with E-state index in [-0.39, 0.29) is 12.5 Å². The van der Waals surface area contributed by atoms with Crippen LogP contribution in [0.1, 0.15) is 49.0 Å². The first kappa shape index (κ1) is 20.6. The van der Waals surface area contributed by atoms with E-state index in [0.29, 0.717) is 16.6 Å². The molecule has 0 aliphatic heterocycles. The van der Waals surface area contributed by atoms with Crippen molar-refractivity contribution in [1.29, 1.82) is 5.41 Å². The summed E-state index contributed by atoms with van der Waals surface area (Å²) in [5.74, 6) is 0.485. The summed E-state index contributed by atoms with van der Waals surface area (Å²) in [6.45, 7) is 4.77. The zero-order chi connectivity index (χ0) is 21.0. The van der Waals surface area contributed by atoms with Gasteiger partial charge in [-0.1, -0.05) is 19.9 Å². The topological polar surface area (TPSA) is 101 Å². The average Bonchev–Trinajstić information content (AvgIpc) is 2.73. The molecule has 1 aromatic carbocycles. The highest BCUT2D eigenvalue weighted by Gasteiger charge is 2.23. The number of carbonyl (C=O) groups is 1. The van der Waals surface area contributed by atoms with E-state index in [2.05, 4.69) is 30.2 Å². The Labute approximate surface area is 171 Å². The molecule has 152 valence electrons. The quantitative estimate of drug-likeness (QED) is 0.645. The first-order valence-corrected chi connectivity index (χ1v) is 9.73. The molecule has 0 atom stereocenters. The van der Waals surface area contributed by atoms with E-state index in [4.69, 9.17) is 15.9 Å². The van der Waals surface area contributed by atoms with Crippen LogP contribution in [0.15, 0.2) is 42.2 Å². The standard InChI is InChI=1S/C23H28N4O2/c1-23(2)6-4-16(5-7-23)20-10-19(29-3)9-17-8-18(14-26-21(17)20)22(28)27-13-15(11-24)12-25/h4,8-12,14,24H,5-7,13,25H2,1-3H3,(H,27,28)/b15-12+,24-11?. The number of amides is 1. The van der Waals surface area contributed by atoms with E-state index in [1.807, 2.05) is 18.2 Å². The lowest BCUT2D eigenvalue weighted by Gasteiger charge is -2.29. The number of hydrogen-bond acceptors (Lipinski definition) is 5. The Morgan fingerprint density at radius 3 is 2.79 bits per heavy atom. The van der Waals surface area contributed by atoms with Crippen LogP contribution in [0.4, 0.5) is 0 Å². The van der Waals surface area contributed by atoms with Crippen LogP contribution in [0, 0.1) is 10.8 Å². The number of allylic oxidation sites excluding steroid dienone is 2. The van der Waals surface area contributed by atoms with Crippen LogP contribution in [0.25, 0.3) is 16.5 Å². The van der Waals surface area contributed by atoms with Crippen LogP contribution in [0.5, 0.6) is 5.75 Å². The molecule has 6 nitrogen and oxygen atoms in total. The van der Waals surface area contributed by atoms with Gasteiger partial charge >= 0.3 is 0 Å². The molecule has 1 heterocycles. The third kappa shape index (κ3) is 4.65. The van der Waals surface area contributed by atoms with E-state index in [0.717, 1.165) is 47.7 Å². The fraction of sp³-hybridized carbons (Fsp3) is 0.348. The van der Waals surface area contributed by atoms with Crippen molar-refractivity contribution in [1.82, 2.24) is 10.3 Å². The molecule has 1 amide bonds. The van der Waals surface area contributed by atoms with Crippen LogP contribution in [-0.4, -0.2) is 30.8 Å². The summed E-state index contributed by atoms with van der Waals surface area (Å²) in [6.07, 6.45) is 9.48. The molecule has 0 radical (unpaired) electrons. The molecule has 0 saturated heterocycles. The van der Waals surface area contributed by atoms with Crippen molar-refractivity contribution < 1.29 is 9.53 Å². The predicted octanol–water partition coefficient (Wildman–Crippen LogP) is 4.06. The highest BCUT2D eigenvalue weighted by molar-refractivity contribution is 6.00. The van der Waals surface area contributed by atoms with Crippen LogP contribution in [0.3, 0.4) is 0 Å². The molecule has 0 spiro atoms. The molecule has 1 aliphatic carbocycles. The summed E-state index contributed by atoms with van der Waals surface area (Å²) in [5.41, 5.74) is 9.95. The van der Waals surface area contributed by atoms with Gasteiger partial charge in [0.25, 0.3) is 5.91 Å². The zero-order valence-electron chi connectivity index (χ0n) is 17.2. The van der Waals surface area contributed by atoms with E-state index in [1.165, 1.54) is 11.8 Å². The van der Waals surface area contributed by atoms with Gasteiger partial charge in [0.15, 0.2) is 0 Å². The second-order valence-corrected chi connectivity index (χ2v) is 8.14. The SMILES string of the molecule is COc1cc(C2=CCC(C)(C)CC2)c2ncc(C(=O)NC/C(C=N)=C/N)cc2c1. The molecule has 29 heavy (non-hydrogen) atoms. The zero-order valence-corrected chi connectivity index (χ0v) is 17.2. The number of nitrogens with two attached hydrogens (primary N) is 1. The number of carbonyl (C=O) groups excluding carboxylic acids is 1. The maximum Gasteiger partial charge on any atom is 0.253 e. The molecule has 1 aliphatic rings. The summed E-state index contributed by atoms with van der Waals surface area (Å²) < 4.78 is 5.50. The molecule has 1 aromatic heterocycles. The van der Waals surface area contributed by atoms with Crippen LogP contribution in [0.2, 0.25) is 0 Å². The number of nitrogens with zero attached hydrogens (tertiary/aromatic N) is 1. The van der Waals surface area contributed by atoms with Crippen molar-refractivity contribution in [2.45, 2.75) is 33.1 Å². The van der Waals surface area contributed by atoms with E-state index < -0.39 is 0 Å². The molecule has 4 N–H and O–H groups in total. The number of fused-ring (bicyclic) bond motifs is 1. The Hall–Kier alpha value is -3.15.